The zero-order chi connectivity index (χ0) is 29.6. The molecule has 8 heteroatoms. The van der Waals surface area contributed by atoms with Crippen molar-refractivity contribution in [3.8, 4) is 0 Å². The number of aromatic nitrogens is 1. The molecule has 1 aromatic heterocycles. The van der Waals surface area contributed by atoms with E-state index in [-0.39, 0.29) is 17.7 Å². The number of benzene rings is 2. The van der Waals surface area contributed by atoms with E-state index in [0.29, 0.717) is 23.6 Å². The molecule has 2 aromatic carbocycles. The lowest BCUT2D eigenvalue weighted by molar-refractivity contribution is 0.101. The number of hydrogen-bond acceptors (Lipinski definition) is 7. The molecule has 1 aliphatic heterocycles. The van der Waals surface area contributed by atoms with E-state index < -0.39 is 0 Å². The van der Waals surface area contributed by atoms with Crippen LogP contribution in [0.4, 0.5) is 10.1 Å². The van der Waals surface area contributed by atoms with Gasteiger partial charge in [0.25, 0.3) is 0 Å². The molecule has 0 aliphatic carbocycles. The van der Waals surface area contributed by atoms with Crippen LogP contribution < -0.4 is 10.6 Å². The van der Waals surface area contributed by atoms with Crippen molar-refractivity contribution in [3.05, 3.63) is 95.1 Å². The summed E-state index contributed by atoms with van der Waals surface area (Å²) < 4.78 is 13.0. The Bertz CT molecular complexity index is 1200. The molecular formula is C33H44FN3O2S2. The number of halogens is 1. The average Bonchev–Trinajstić information content (AvgIpc) is 3.40. The summed E-state index contributed by atoms with van der Waals surface area (Å²) in [6.07, 6.45) is 7.91. The molecule has 1 fully saturated rings. The summed E-state index contributed by atoms with van der Waals surface area (Å²) in [5.41, 5.74) is 4.79. The topological polar surface area (TPSA) is 74.2 Å². The molecule has 1 aliphatic rings. The fourth-order valence-corrected chi connectivity index (χ4v) is 5.75. The molecule has 0 amide bonds. The van der Waals surface area contributed by atoms with Crippen LogP contribution in [0.3, 0.4) is 0 Å². The number of aliphatic hydroxyl groups is 1. The highest BCUT2D eigenvalue weighted by molar-refractivity contribution is 7.98. The van der Waals surface area contributed by atoms with Crippen molar-refractivity contribution in [2.75, 3.05) is 30.4 Å². The Hall–Kier alpha value is -2.39. The van der Waals surface area contributed by atoms with E-state index in [1.807, 2.05) is 48.2 Å². The molecule has 4 unspecified atom stereocenters. The Kier molecular flexibility index (Phi) is 14.2. The average molecular weight is 598 g/mol. The van der Waals surface area contributed by atoms with Gasteiger partial charge in [-0.25, -0.2) is 4.39 Å². The number of hydrogen-bond donors (Lipinski definition) is 4. The Morgan fingerprint density at radius 1 is 1.20 bits per heavy atom. The molecule has 4 rings (SSSR count). The first-order valence-corrected chi connectivity index (χ1v) is 16.3. The van der Waals surface area contributed by atoms with Gasteiger partial charge in [-0.1, -0.05) is 31.2 Å². The number of carbonyl (C=O) groups is 1. The number of Topliss-reactive ketones (excluding diaryl/α,β-unsaturated/α-hetero) is 1. The van der Waals surface area contributed by atoms with Crippen LogP contribution in [0, 0.1) is 11.7 Å². The SMILES string of the molecule is CC(=O)c1cc(NCC2CC(S)CN2)ccc1CCc1ccc(F)cc1.CSCCC(C)C(O)Cc1ccccn1. The van der Waals surface area contributed by atoms with Crippen LogP contribution in [-0.4, -0.2) is 58.4 Å². The number of ketones is 1. The van der Waals surface area contributed by atoms with Gasteiger partial charge >= 0.3 is 0 Å². The smallest absolute Gasteiger partial charge is 0.160 e. The minimum absolute atomic E-state index is 0.0668. The van der Waals surface area contributed by atoms with Crippen molar-refractivity contribution < 1.29 is 14.3 Å². The Balaban J connectivity index is 0.000000263. The lowest BCUT2D eigenvalue weighted by atomic mass is 9.97. The fourth-order valence-electron chi connectivity index (χ4n) is 4.79. The number of thiol groups is 1. The number of nitrogens with one attached hydrogen (secondary N) is 2. The summed E-state index contributed by atoms with van der Waals surface area (Å²) in [5, 5.41) is 17.2. The van der Waals surface area contributed by atoms with Crippen LogP contribution in [-0.2, 0) is 19.3 Å². The van der Waals surface area contributed by atoms with Crippen molar-refractivity contribution in [1.29, 1.82) is 0 Å². The van der Waals surface area contributed by atoms with Gasteiger partial charge in [-0.05, 0) is 98.1 Å². The second kappa shape index (κ2) is 17.5. The van der Waals surface area contributed by atoms with Gasteiger partial charge in [0.1, 0.15) is 5.82 Å². The third-order valence-corrected chi connectivity index (χ3v) is 8.45. The number of aliphatic hydroxyl groups excluding tert-OH is 1. The fraction of sp³-hybridized carbons (Fsp3) is 0.455. The summed E-state index contributed by atoms with van der Waals surface area (Å²) in [6.45, 7) is 5.47. The maximum atomic E-state index is 13.0. The van der Waals surface area contributed by atoms with Gasteiger partial charge in [-0.15, -0.1) is 0 Å². The number of rotatable bonds is 13. The van der Waals surface area contributed by atoms with E-state index >= 15 is 0 Å². The van der Waals surface area contributed by atoms with E-state index in [1.54, 1.807) is 25.3 Å². The molecule has 0 spiro atoms. The zero-order valence-corrected chi connectivity index (χ0v) is 26.1. The van der Waals surface area contributed by atoms with Crippen LogP contribution in [0.2, 0.25) is 0 Å². The van der Waals surface area contributed by atoms with Gasteiger partial charge in [-0.2, -0.15) is 24.4 Å². The molecule has 0 bridgehead atoms. The van der Waals surface area contributed by atoms with Gasteiger partial charge < -0.3 is 15.7 Å². The first-order valence-electron chi connectivity index (χ1n) is 14.4. The monoisotopic (exact) mass is 597 g/mol. The van der Waals surface area contributed by atoms with E-state index in [1.165, 1.54) is 12.1 Å². The standard InChI is InChI=1S/C21H25FN2OS.C12H19NOS/c1-14(25)21-11-18(23-12-19-10-20(26)13-24-19)9-6-16(21)5-2-15-3-7-17(22)8-4-15;1-10(6-8-15-2)12(14)9-11-5-3-4-7-13-11/h3-4,6-9,11,19-20,23-24,26H,2,5,10,12-13H2,1H3;3-5,7,10,12,14H,6,8-9H2,1-2H3. The van der Waals surface area contributed by atoms with Gasteiger partial charge in [-0.3, -0.25) is 9.78 Å². The maximum Gasteiger partial charge on any atom is 0.160 e. The Morgan fingerprint density at radius 3 is 2.61 bits per heavy atom. The molecule has 41 heavy (non-hydrogen) atoms. The van der Waals surface area contributed by atoms with E-state index in [9.17, 15) is 14.3 Å². The zero-order valence-electron chi connectivity index (χ0n) is 24.4. The number of nitrogens with zero attached hydrogens (tertiary/aromatic N) is 1. The molecule has 4 atom stereocenters. The molecule has 0 radical (unpaired) electrons. The normalized spacial score (nSPS) is 17.8. The van der Waals surface area contributed by atoms with Crippen molar-refractivity contribution in [3.63, 3.8) is 0 Å². The molecule has 5 nitrogen and oxygen atoms in total. The summed E-state index contributed by atoms with van der Waals surface area (Å²) in [5.74, 6) is 1.30. The highest BCUT2D eigenvalue weighted by Gasteiger charge is 2.21. The molecule has 2 heterocycles. The first kappa shape index (κ1) is 33.1. The molecular weight excluding hydrogens is 554 g/mol. The lowest BCUT2D eigenvalue weighted by Crippen LogP contribution is -2.29. The second-order valence-electron chi connectivity index (χ2n) is 10.8. The maximum absolute atomic E-state index is 13.0. The lowest BCUT2D eigenvalue weighted by Gasteiger charge is -2.17. The Morgan fingerprint density at radius 2 is 1.98 bits per heavy atom. The van der Waals surface area contributed by atoms with Gasteiger partial charge in [0.2, 0.25) is 0 Å². The van der Waals surface area contributed by atoms with E-state index in [0.717, 1.165) is 72.6 Å². The number of thioether (sulfide) groups is 1. The van der Waals surface area contributed by atoms with Crippen LogP contribution >= 0.6 is 24.4 Å². The number of pyridine rings is 1. The van der Waals surface area contributed by atoms with Crippen molar-refractivity contribution >= 4 is 35.9 Å². The van der Waals surface area contributed by atoms with Crippen molar-refractivity contribution in [2.45, 2.75) is 63.3 Å². The minimum atomic E-state index is -0.271. The second-order valence-corrected chi connectivity index (χ2v) is 12.5. The molecule has 222 valence electrons. The third-order valence-electron chi connectivity index (χ3n) is 7.42. The predicted octanol–water partition coefficient (Wildman–Crippen LogP) is 6.26. The van der Waals surface area contributed by atoms with Gasteiger partial charge in [0.05, 0.1) is 6.10 Å². The summed E-state index contributed by atoms with van der Waals surface area (Å²) in [4.78, 5) is 16.3. The van der Waals surface area contributed by atoms with Crippen LogP contribution in [0.25, 0.3) is 0 Å². The van der Waals surface area contributed by atoms with Crippen LogP contribution in [0.1, 0.15) is 53.9 Å². The van der Waals surface area contributed by atoms with Gasteiger partial charge in [0.15, 0.2) is 5.78 Å². The molecule has 3 aromatic rings. The Labute approximate surface area is 254 Å². The largest absolute Gasteiger partial charge is 0.392 e. The minimum Gasteiger partial charge on any atom is -0.392 e. The van der Waals surface area contributed by atoms with E-state index in [2.05, 4.69) is 41.4 Å². The van der Waals surface area contributed by atoms with Crippen LogP contribution in [0.15, 0.2) is 66.9 Å². The van der Waals surface area contributed by atoms with Gasteiger partial charge in [0, 0.05) is 53.9 Å². The number of aryl methyl sites for hydroxylation is 2. The first-order chi connectivity index (χ1) is 19.7. The quantitative estimate of drug-likeness (QED) is 0.138. The highest BCUT2D eigenvalue weighted by Crippen LogP contribution is 2.20. The van der Waals surface area contributed by atoms with Crippen molar-refractivity contribution in [1.82, 2.24) is 10.3 Å². The number of carbonyl (C=O) groups excluding carboxylic acids is 1. The highest BCUT2D eigenvalue weighted by atomic mass is 32.2. The van der Waals surface area contributed by atoms with Crippen LogP contribution in [0.5, 0.6) is 0 Å². The summed E-state index contributed by atoms with van der Waals surface area (Å²) in [6, 6.07) is 18.8. The van der Waals surface area contributed by atoms with Crippen molar-refractivity contribution in [2.24, 2.45) is 5.92 Å². The van der Waals surface area contributed by atoms with E-state index in [4.69, 9.17) is 0 Å². The predicted molar refractivity (Wildman–Crippen MR) is 174 cm³/mol. The molecule has 3 N–H and O–H groups in total. The summed E-state index contributed by atoms with van der Waals surface area (Å²) in [7, 11) is 0. The molecule has 0 saturated carbocycles. The molecule has 1 saturated heterocycles. The third kappa shape index (κ3) is 11.8. The summed E-state index contributed by atoms with van der Waals surface area (Å²) >= 11 is 6.32. The number of anilines is 1.